The first-order valence-corrected chi connectivity index (χ1v) is 16.7. The van der Waals surface area contributed by atoms with Gasteiger partial charge in [0.05, 0.1) is 0 Å². The van der Waals surface area contributed by atoms with Crippen LogP contribution in [0.15, 0.2) is 48.5 Å². The van der Waals surface area contributed by atoms with Gasteiger partial charge in [-0.05, 0) is 98.6 Å². The number of anilines is 1. The third-order valence-corrected chi connectivity index (χ3v) is 10.5. The average Bonchev–Trinajstić information content (AvgIpc) is 3.02. The van der Waals surface area contributed by atoms with Crippen LogP contribution in [-0.2, 0) is 11.2 Å². The Morgan fingerprint density at radius 3 is 2.44 bits per heavy atom. The van der Waals surface area contributed by atoms with Crippen molar-refractivity contribution in [3.63, 3.8) is 0 Å². The number of para-hydroxylation sites is 1. The van der Waals surface area contributed by atoms with E-state index in [4.69, 9.17) is 4.74 Å². The molecule has 6 rings (SSSR count). The van der Waals surface area contributed by atoms with E-state index in [1.807, 2.05) is 46.2 Å². The summed E-state index contributed by atoms with van der Waals surface area (Å²) in [6.07, 6.45) is 16.0. The summed E-state index contributed by atoms with van der Waals surface area (Å²) in [6.45, 7) is 4.62. The number of hydrogen-bond donors (Lipinski definition) is 1. The van der Waals surface area contributed by atoms with E-state index in [2.05, 4.69) is 24.4 Å². The number of ether oxygens (including phenoxy) is 1. The summed E-state index contributed by atoms with van der Waals surface area (Å²) in [5, 5.41) is 3.82. The third kappa shape index (κ3) is 7.28. The highest BCUT2D eigenvalue weighted by atomic mass is 16.5. The van der Waals surface area contributed by atoms with E-state index in [0.29, 0.717) is 30.5 Å². The van der Waals surface area contributed by atoms with Gasteiger partial charge in [-0.15, -0.1) is 0 Å². The molecule has 1 N–H and O–H groups in total. The van der Waals surface area contributed by atoms with Gasteiger partial charge in [-0.2, -0.15) is 0 Å². The van der Waals surface area contributed by atoms with Crippen LogP contribution in [0, 0.1) is 11.3 Å². The molecule has 2 bridgehead atoms. The largest absolute Gasteiger partial charge is 0.475 e. The number of carbonyl (C=O) groups is 2. The zero-order chi connectivity index (χ0) is 28.9. The second kappa shape index (κ2) is 14.3. The highest BCUT2D eigenvalue weighted by molar-refractivity contribution is 5.97. The second-order valence-electron chi connectivity index (χ2n) is 13.4. The molecule has 1 atom stereocenters. The predicted octanol–water partition coefficient (Wildman–Crippen LogP) is 7.75. The van der Waals surface area contributed by atoms with Crippen LogP contribution in [0.5, 0.6) is 5.75 Å². The normalized spacial score (nSPS) is 24.6. The maximum atomic E-state index is 13.4. The molecule has 1 saturated heterocycles. The smallest absolute Gasteiger partial charge is 0.253 e. The number of rotatable bonds is 10. The molecule has 2 heterocycles. The van der Waals surface area contributed by atoms with Crippen molar-refractivity contribution in [2.24, 2.45) is 11.3 Å². The van der Waals surface area contributed by atoms with Crippen molar-refractivity contribution in [2.75, 3.05) is 24.5 Å². The summed E-state index contributed by atoms with van der Waals surface area (Å²) in [4.78, 5) is 30.2. The van der Waals surface area contributed by atoms with Crippen LogP contribution in [0.2, 0.25) is 0 Å². The van der Waals surface area contributed by atoms with E-state index < -0.39 is 0 Å². The summed E-state index contributed by atoms with van der Waals surface area (Å²) in [7, 11) is 0. The molecule has 4 aliphatic rings. The van der Waals surface area contributed by atoms with Gasteiger partial charge >= 0.3 is 0 Å². The fourth-order valence-electron chi connectivity index (χ4n) is 8.20. The van der Waals surface area contributed by atoms with E-state index in [0.717, 1.165) is 62.4 Å². The molecule has 0 radical (unpaired) electrons. The van der Waals surface area contributed by atoms with E-state index >= 15 is 0 Å². The van der Waals surface area contributed by atoms with Gasteiger partial charge in [-0.3, -0.25) is 14.9 Å². The number of aryl methyl sites for hydroxylation is 1. The molecule has 6 heteroatoms. The number of fused-ring (bicyclic) bond motifs is 3. The van der Waals surface area contributed by atoms with Crippen molar-refractivity contribution < 1.29 is 14.3 Å². The highest BCUT2D eigenvalue weighted by Crippen LogP contribution is 2.48. The molecule has 0 aromatic heterocycles. The van der Waals surface area contributed by atoms with E-state index in [-0.39, 0.29) is 31.5 Å². The number of piperidine rings is 1. The van der Waals surface area contributed by atoms with E-state index in [1.165, 1.54) is 50.5 Å². The van der Waals surface area contributed by atoms with Crippen molar-refractivity contribution in [3.05, 3.63) is 59.7 Å². The molecule has 6 nitrogen and oxygen atoms in total. The Balaban J connectivity index is 0.00000368. The first kappa shape index (κ1) is 31.6. The van der Waals surface area contributed by atoms with Gasteiger partial charge in [-0.1, -0.05) is 64.7 Å². The lowest BCUT2D eigenvalue weighted by Gasteiger charge is -2.46. The summed E-state index contributed by atoms with van der Waals surface area (Å²) >= 11 is 0. The van der Waals surface area contributed by atoms with Gasteiger partial charge in [0.1, 0.15) is 12.0 Å². The van der Waals surface area contributed by atoms with Crippen LogP contribution in [0.25, 0.3) is 0 Å². The first-order valence-electron chi connectivity index (χ1n) is 16.7. The van der Waals surface area contributed by atoms with Gasteiger partial charge in [0.25, 0.3) is 5.91 Å². The molecule has 2 aliphatic heterocycles. The Hall–Kier alpha value is -2.86. The maximum Gasteiger partial charge on any atom is 0.253 e. The van der Waals surface area contributed by atoms with Crippen LogP contribution in [-0.4, -0.2) is 48.6 Å². The van der Waals surface area contributed by atoms with Crippen molar-refractivity contribution >= 4 is 17.5 Å². The van der Waals surface area contributed by atoms with Crippen LogP contribution in [0.3, 0.4) is 0 Å². The number of nitrogens with one attached hydrogen (secondary N) is 1. The number of benzene rings is 2. The Morgan fingerprint density at radius 2 is 1.72 bits per heavy atom. The Morgan fingerprint density at radius 1 is 1.00 bits per heavy atom. The monoisotopic (exact) mass is 587 g/mol. The number of nitrogens with zero attached hydrogens (tertiary/aromatic N) is 2. The molecule has 0 spiro atoms. The molecule has 2 amide bonds. The number of unbranched alkanes of at least 4 members (excludes halogenated alkanes) is 1. The fourth-order valence-corrected chi connectivity index (χ4v) is 8.20. The molecule has 1 unspecified atom stereocenters. The van der Waals surface area contributed by atoms with Crippen molar-refractivity contribution in [1.29, 1.82) is 0 Å². The quantitative estimate of drug-likeness (QED) is 0.289. The van der Waals surface area contributed by atoms with Crippen molar-refractivity contribution in [3.8, 4) is 5.75 Å². The summed E-state index contributed by atoms with van der Waals surface area (Å²) in [5.74, 6) is 2.03. The van der Waals surface area contributed by atoms with Crippen LogP contribution in [0.4, 0.5) is 5.69 Å². The Kier molecular flexibility index (Phi) is 10.5. The van der Waals surface area contributed by atoms with Gasteiger partial charge in [0, 0.05) is 43.3 Å². The van der Waals surface area contributed by atoms with Gasteiger partial charge in [-0.25, -0.2) is 0 Å². The lowest BCUT2D eigenvalue weighted by Crippen LogP contribution is -2.50. The van der Waals surface area contributed by atoms with Crippen LogP contribution < -0.4 is 15.0 Å². The third-order valence-electron chi connectivity index (χ3n) is 10.5. The minimum absolute atomic E-state index is 0. The topological polar surface area (TPSA) is 61.9 Å². The predicted molar refractivity (Wildman–Crippen MR) is 175 cm³/mol. The Labute approximate surface area is 259 Å². The molecule has 2 saturated carbocycles. The molecule has 2 aromatic carbocycles. The summed E-state index contributed by atoms with van der Waals surface area (Å²) in [5.41, 5.74) is 3.47. The zero-order valence-corrected chi connectivity index (χ0v) is 25.5. The standard InChI is InChI=1S/C36H49N3O3.CH4/c1-2-3-12-33(37-26-36-21-6-8-27(25-36)9-7-22-36)42-31-16-13-29(14-17-31)35(41)38-23-19-30(20-24-38)39-32-11-5-4-10-28(32)15-18-34(39)40;/h4-5,10-11,13-14,16-17,27,30,33,37H,2-3,6-9,12,15,18-26H2,1H3;1H4. The van der Waals surface area contributed by atoms with Gasteiger partial charge < -0.3 is 14.5 Å². The van der Waals surface area contributed by atoms with E-state index in [1.54, 1.807) is 0 Å². The lowest BCUT2D eigenvalue weighted by molar-refractivity contribution is -0.119. The van der Waals surface area contributed by atoms with Crippen LogP contribution in [0.1, 0.15) is 114 Å². The van der Waals surface area contributed by atoms with Crippen LogP contribution >= 0.6 is 0 Å². The SMILES string of the molecule is C.CCCCC(NCC12CCCC(CCC1)C2)Oc1ccc(C(=O)N2CCC(N3C(=O)CCc4ccccc43)CC2)cc1. The van der Waals surface area contributed by atoms with Crippen molar-refractivity contribution in [2.45, 2.75) is 117 Å². The number of carbonyl (C=O) groups excluding carboxylic acids is 2. The molecular weight excluding hydrogens is 534 g/mol. The molecule has 3 fully saturated rings. The zero-order valence-electron chi connectivity index (χ0n) is 25.5. The molecule has 234 valence electrons. The van der Waals surface area contributed by atoms with Gasteiger partial charge in [0.15, 0.2) is 0 Å². The van der Waals surface area contributed by atoms with Gasteiger partial charge in [0.2, 0.25) is 5.91 Å². The fraction of sp³-hybridized carbons (Fsp3) is 0.622. The highest BCUT2D eigenvalue weighted by Gasteiger charge is 2.39. The second-order valence-corrected chi connectivity index (χ2v) is 13.4. The number of amides is 2. The van der Waals surface area contributed by atoms with E-state index in [9.17, 15) is 9.59 Å². The van der Waals surface area contributed by atoms with Crippen molar-refractivity contribution in [1.82, 2.24) is 10.2 Å². The molecule has 2 aliphatic carbocycles. The lowest BCUT2D eigenvalue weighted by atomic mass is 9.62. The minimum atomic E-state index is 0. The first-order chi connectivity index (χ1) is 20.5. The maximum absolute atomic E-state index is 13.4. The minimum Gasteiger partial charge on any atom is -0.475 e. The number of hydrogen-bond acceptors (Lipinski definition) is 4. The molecule has 2 aromatic rings. The number of likely N-dealkylation sites (tertiary alicyclic amines) is 1. The summed E-state index contributed by atoms with van der Waals surface area (Å²) in [6, 6.07) is 16.2. The average molecular weight is 588 g/mol. The summed E-state index contributed by atoms with van der Waals surface area (Å²) < 4.78 is 6.47. The molecule has 43 heavy (non-hydrogen) atoms. The Bertz CT molecular complexity index is 1210. The molecular formula is C37H53N3O3.